The first kappa shape index (κ1) is 40.2. The van der Waals surface area contributed by atoms with Gasteiger partial charge in [-0.05, 0) is 117 Å². The molecule has 0 aliphatic heterocycles. The smallest absolute Gasteiger partial charge is 0.326 e. The summed E-state index contributed by atoms with van der Waals surface area (Å²) >= 11 is 0. The number of aromatic nitrogens is 4. The average Bonchev–Trinajstić information content (AvgIpc) is 3.51. The topological polar surface area (TPSA) is 245 Å². The summed E-state index contributed by atoms with van der Waals surface area (Å²) in [6.45, 7) is 7.02. The summed E-state index contributed by atoms with van der Waals surface area (Å²) in [7, 11) is 1.82. The Bertz CT molecular complexity index is 2070. The van der Waals surface area contributed by atoms with Crippen molar-refractivity contribution in [1.29, 1.82) is 0 Å². The molecule has 0 spiro atoms. The van der Waals surface area contributed by atoms with Gasteiger partial charge < -0.3 is 31.9 Å². The van der Waals surface area contributed by atoms with E-state index in [-0.39, 0.29) is 41.0 Å². The molecule has 7 atom stereocenters. The number of amides is 1. The number of rotatable bonds is 10. The van der Waals surface area contributed by atoms with Gasteiger partial charge in [0.25, 0.3) is 5.91 Å². The second kappa shape index (κ2) is 15.9. The lowest BCUT2D eigenvalue weighted by Crippen LogP contribution is -2.51. The van der Waals surface area contributed by atoms with Gasteiger partial charge in [0.15, 0.2) is 22.8 Å². The maximum Gasteiger partial charge on any atom is 0.326 e. The van der Waals surface area contributed by atoms with Gasteiger partial charge >= 0.3 is 11.9 Å². The summed E-state index contributed by atoms with van der Waals surface area (Å²) in [5, 5.41) is 20.2. The van der Waals surface area contributed by atoms with E-state index in [0.29, 0.717) is 40.9 Å². The zero-order valence-electron chi connectivity index (χ0n) is 32.5. The largest absolute Gasteiger partial charge is 0.481 e. The summed E-state index contributed by atoms with van der Waals surface area (Å²) in [5.74, 6) is 0.382. The van der Waals surface area contributed by atoms with E-state index in [4.69, 9.17) is 16.6 Å². The van der Waals surface area contributed by atoms with Gasteiger partial charge in [0.2, 0.25) is 5.95 Å². The van der Waals surface area contributed by atoms with Crippen LogP contribution in [0.1, 0.15) is 101 Å². The number of nitrogens with two attached hydrogens (primary N) is 2. The number of ketones is 2. The van der Waals surface area contributed by atoms with Crippen LogP contribution in [0.15, 0.2) is 42.1 Å². The van der Waals surface area contributed by atoms with Crippen molar-refractivity contribution in [2.24, 2.45) is 34.5 Å². The number of carboxylic acid groups (broad SMARTS) is 2. The quantitative estimate of drug-likeness (QED) is 0.182. The highest BCUT2D eigenvalue weighted by atomic mass is 16.4. The molecule has 4 aliphatic rings. The Morgan fingerprint density at radius 3 is 2.38 bits per heavy atom. The van der Waals surface area contributed by atoms with E-state index in [1.807, 2.05) is 18.0 Å². The van der Waals surface area contributed by atoms with Gasteiger partial charge in [-0.1, -0.05) is 19.4 Å². The summed E-state index contributed by atoms with van der Waals surface area (Å²) in [6.07, 6.45) is 11.9. The maximum atomic E-state index is 12.4. The van der Waals surface area contributed by atoms with Crippen molar-refractivity contribution in [2.75, 3.05) is 23.4 Å². The monoisotopic (exact) mass is 768 g/mol. The van der Waals surface area contributed by atoms with E-state index >= 15 is 0 Å². The first-order chi connectivity index (χ1) is 26.5. The molecule has 2 aromatic heterocycles. The minimum atomic E-state index is -1.30. The Balaban J connectivity index is 0.000000201. The lowest BCUT2D eigenvalue weighted by atomic mass is 9.47. The standard InChI is InChI=1S/C21H30O2.C20H22N8O5/c1-13(22)17-6-7-18-16-5-4-14-12-15(23)8-10-20(14,2)19(16)9-11-21(17,18)3;1-28(9-11-8-23-17-15(24-11)16(21)26-20(22)27-17)12-4-2-10(3-5-12)18(31)25-13(19(32)33)6-7-14(29)30/h12,16-19H,4-11H2,1-3H3;2-5,8,13H,6-7,9H2,1H3,(H,25,31)(H,29,30)(H,32,33)(H4,21,22,23,26,27)/t16-,17+,18-,19-,20-,21+;13-/m00/s1. The van der Waals surface area contributed by atoms with Gasteiger partial charge in [-0.2, -0.15) is 9.97 Å². The summed E-state index contributed by atoms with van der Waals surface area (Å²) in [5.41, 5.74) is 15.6. The molecule has 3 saturated carbocycles. The predicted octanol–water partition coefficient (Wildman–Crippen LogP) is 4.99. The Labute approximate surface area is 325 Å². The fourth-order valence-electron chi connectivity index (χ4n) is 10.3. The lowest BCUT2D eigenvalue weighted by Gasteiger charge is -2.58. The van der Waals surface area contributed by atoms with Crippen LogP contribution < -0.4 is 21.7 Å². The highest BCUT2D eigenvalue weighted by Crippen LogP contribution is 2.66. The molecule has 0 bridgehead atoms. The number of hydrogen-bond acceptors (Lipinski definition) is 12. The first-order valence-electron chi connectivity index (χ1n) is 19.4. The van der Waals surface area contributed by atoms with Crippen LogP contribution in [-0.4, -0.2) is 72.7 Å². The first-order valence-corrected chi connectivity index (χ1v) is 19.4. The number of nitrogens with zero attached hydrogens (tertiary/aromatic N) is 5. The van der Waals surface area contributed by atoms with Crippen molar-refractivity contribution in [3.8, 4) is 0 Å². The summed E-state index contributed by atoms with van der Waals surface area (Å²) in [6, 6.07) is 5.16. The van der Waals surface area contributed by atoms with Crippen LogP contribution in [0.25, 0.3) is 11.2 Å². The third-order valence-electron chi connectivity index (χ3n) is 13.2. The molecule has 7 N–H and O–H groups in total. The van der Waals surface area contributed by atoms with Crippen LogP contribution in [0.5, 0.6) is 0 Å². The molecule has 1 amide bonds. The van der Waals surface area contributed by atoms with Gasteiger partial charge in [-0.25, -0.2) is 14.8 Å². The van der Waals surface area contributed by atoms with E-state index in [0.717, 1.165) is 49.1 Å². The molecule has 0 unspecified atom stereocenters. The van der Waals surface area contributed by atoms with Crippen molar-refractivity contribution in [3.05, 3.63) is 53.4 Å². The number of carbonyl (C=O) groups excluding carboxylic acids is 3. The normalized spacial score (nSPS) is 27.0. The van der Waals surface area contributed by atoms with Crippen LogP contribution in [0.2, 0.25) is 0 Å². The van der Waals surface area contributed by atoms with Gasteiger partial charge in [-0.3, -0.25) is 19.2 Å². The maximum absolute atomic E-state index is 12.4. The minimum Gasteiger partial charge on any atom is -0.481 e. The number of nitrogens with one attached hydrogen (secondary N) is 1. The molecule has 15 heteroatoms. The number of nitrogen functional groups attached to an aromatic ring is 2. The second-order valence-corrected chi connectivity index (χ2v) is 16.5. The number of carboxylic acids is 2. The zero-order valence-corrected chi connectivity index (χ0v) is 32.5. The molecule has 3 aromatic rings. The van der Waals surface area contributed by atoms with Crippen molar-refractivity contribution in [1.82, 2.24) is 25.3 Å². The SMILES string of the molecule is CC(=O)[C@H]1CC[C@H]2[C@@H]3CCC4=CC(=O)CC[C@]4(C)[C@H]3CC[C@]12C.CN(Cc1cnc2nc(N)nc(N)c2n1)c1ccc(C(=O)N[C@@H](CCC(=O)O)C(=O)O)cc1. The molecule has 0 radical (unpaired) electrons. The highest BCUT2D eigenvalue weighted by Gasteiger charge is 2.59. The Morgan fingerprint density at radius 1 is 0.964 bits per heavy atom. The number of allylic oxidation sites excluding steroid dienone is 1. The van der Waals surface area contributed by atoms with Crippen LogP contribution in [0, 0.1) is 34.5 Å². The number of fused-ring (bicyclic) bond motifs is 6. The molecule has 2 heterocycles. The van der Waals surface area contributed by atoms with Crippen LogP contribution in [-0.2, 0) is 25.7 Å². The molecule has 298 valence electrons. The van der Waals surface area contributed by atoms with E-state index in [2.05, 4.69) is 39.1 Å². The number of hydrogen-bond donors (Lipinski definition) is 5. The fraction of sp³-hybridized carbons (Fsp3) is 0.537. The predicted molar refractivity (Wildman–Crippen MR) is 209 cm³/mol. The molecule has 0 saturated heterocycles. The molecular formula is C41H52N8O7. The second-order valence-electron chi connectivity index (χ2n) is 16.5. The van der Waals surface area contributed by atoms with Gasteiger partial charge in [-0.15, -0.1) is 0 Å². The van der Waals surface area contributed by atoms with Crippen LogP contribution in [0.3, 0.4) is 0 Å². The van der Waals surface area contributed by atoms with Crippen molar-refractivity contribution in [2.45, 2.75) is 97.6 Å². The average molecular weight is 769 g/mol. The number of Topliss-reactive ketones (excluding diaryl/α,β-unsaturated/α-hetero) is 1. The fourth-order valence-corrected chi connectivity index (χ4v) is 10.3. The van der Waals surface area contributed by atoms with Crippen molar-refractivity contribution in [3.63, 3.8) is 0 Å². The molecule has 1 aromatic carbocycles. The van der Waals surface area contributed by atoms with Crippen LogP contribution >= 0.6 is 0 Å². The number of anilines is 3. The number of carbonyl (C=O) groups is 5. The summed E-state index contributed by atoms with van der Waals surface area (Å²) < 4.78 is 0. The molecule has 15 nitrogen and oxygen atoms in total. The summed E-state index contributed by atoms with van der Waals surface area (Å²) in [4.78, 5) is 76.7. The number of aliphatic carboxylic acids is 2. The zero-order chi connectivity index (χ0) is 40.5. The third kappa shape index (κ3) is 8.07. The van der Waals surface area contributed by atoms with Crippen LogP contribution in [0.4, 0.5) is 17.5 Å². The third-order valence-corrected chi connectivity index (χ3v) is 13.2. The van der Waals surface area contributed by atoms with Gasteiger partial charge in [0.1, 0.15) is 11.8 Å². The van der Waals surface area contributed by atoms with Gasteiger partial charge in [0, 0.05) is 37.1 Å². The van der Waals surface area contributed by atoms with Crippen molar-refractivity contribution >= 4 is 58.0 Å². The molecule has 3 fully saturated rings. The molecular weight excluding hydrogens is 716 g/mol. The van der Waals surface area contributed by atoms with Gasteiger partial charge in [0.05, 0.1) is 18.4 Å². The Morgan fingerprint density at radius 2 is 1.70 bits per heavy atom. The molecule has 4 aliphatic carbocycles. The molecule has 7 rings (SSSR count). The van der Waals surface area contributed by atoms with E-state index < -0.39 is 23.9 Å². The molecule has 56 heavy (non-hydrogen) atoms. The van der Waals surface area contributed by atoms with E-state index in [9.17, 15) is 29.1 Å². The number of benzene rings is 1. The van der Waals surface area contributed by atoms with E-state index in [1.165, 1.54) is 43.4 Å². The Kier molecular flexibility index (Phi) is 11.4. The lowest BCUT2D eigenvalue weighted by molar-refractivity contribution is -0.140. The minimum absolute atomic E-state index is 0.0138. The van der Waals surface area contributed by atoms with Crippen molar-refractivity contribution < 1.29 is 34.2 Å². The van der Waals surface area contributed by atoms with E-state index in [1.54, 1.807) is 25.3 Å². The highest BCUT2D eigenvalue weighted by molar-refractivity contribution is 5.97. The Hall–Kier alpha value is -5.47.